The van der Waals surface area contributed by atoms with E-state index in [9.17, 15) is 9.59 Å². The van der Waals surface area contributed by atoms with Crippen molar-refractivity contribution >= 4 is 12.0 Å². The van der Waals surface area contributed by atoms with Crippen molar-refractivity contribution in [2.24, 2.45) is 0 Å². The third-order valence-electron chi connectivity index (χ3n) is 4.09. The summed E-state index contributed by atoms with van der Waals surface area (Å²) < 4.78 is 11.3. The molecule has 1 heterocycles. The molecule has 0 bridgehead atoms. The van der Waals surface area contributed by atoms with Crippen molar-refractivity contribution in [1.29, 1.82) is 0 Å². The SMILES string of the molecule is CCCOc1ccc(/C=C/C(=O)NCc2c(C)cc(C)[nH]c2=O)cc1OCC. The highest BCUT2D eigenvalue weighted by Crippen LogP contribution is 2.29. The fourth-order valence-corrected chi connectivity index (χ4v) is 2.74. The molecule has 0 fully saturated rings. The normalized spacial score (nSPS) is 10.9. The summed E-state index contributed by atoms with van der Waals surface area (Å²) in [7, 11) is 0. The zero-order valence-electron chi connectivity index (χ0n) is 16.9. The molecule has 28 heavy (non-hydrogen) atoms. The van der Waals surface area contributed by atoms with Gasteiger partial charge in [0, 0.05) is 23.9 Å². The van der Waals surface area contributed by atoms with Gasteiger partial charge in [0.15, 0.2) is 11.5 Å². The first-order valence-electron chi connectivity index (χ1n) is 9.49. The van der Waals surface area contributed by atoms with Gasteiger partial charge in [0.25, 0.3) is 5.56 Å². The van der Waals surface area contributed by atoms with E-state index in [0.29, 0.717) is 30.3 Å². The molecule has 0 aliphatic heterocycles. The van der Waals surface area contributed by atoms with Crippen molar-refractivity contribution in [3.8, 4) is 11.5 Å². The lowest BCUT2D eigenvalue weighted by Gasteiger charge is -2.12. The quantitative estimate of drug-likeness (QED) is 0.649. The second-order valence-corrected chi connectivity index (χ2v) is 6.48. The van der Waals surface area contributed by atoms with Gasteiger partial charge in [-0.1, -0.05) is 13.0 Å². The van der Waals surface area contributed by atoms with Gasteiger partial charge >= 0.3 is 0 Å². The van der Waals surface area contributed by atoms with Crippen LogP contribution in [0.4, 0.5) is 0 Å². The summed E-state index contributed by atoms with van der Waals surface area (Å²) >= 11 is 0. The van der Waals surface area contributed by atoms with Crippen LogP contribution >= 0.6 is 0 Å². The Morgan fingerprint density at radius 2 is 1.93 bits per heavy atom. The average Bonchev–Trinajstić information content (AvgIpc) is 2.65. The number of carbonyl (C=O) groups is 1. The van der Waals surface area contributed by atoms with Crippen LogP contribution in [0.3, 0.4) is 0 Å². The molecule has 150 valence electrons. The Kier molecular flexibility index (Phi) is 7.87. The van der Waals surface area contributed by atoms with E-state index in [4.69, 9.17) is 9.47 Å². The Morgan fingerprint density at radius 3 is 2.61 bits per heavy atom. The van der Waals surface area contributed by atoms with Crippen molar-refractivity contribution in [3.63, 3.8) is 0 Å². The molecule has 0 saturated carbocycles. The molecule has 0 atom stereocenters. The van der Waals surface area contributed by atoms with Crippen LogP contribution in [0, 0.1) is 13.8 Å². The van der Waals surface area contributed by atoms with E-state index in [1.807, 2.05) is 52.0 Å². The van der Waals surface area contributed by atoms with Crippen LogP contribution in [0.5, 0.6) is 11.5 Å². The molecular weight excluding hydrogens is 356 g/mol. The first-order valence-corrected chi connectivity index (χ1v) is 9.49. The molecule has 6 heteroatoms. The molecule has 0 aliphatic carbocycles. The van der Waals surface area contributed by atoms with Crippen LogP contribution in [0.1, 0.15) is 42.7 Å². The standard InChI is InChI=1S/C22H28N2O4/c1-5-11-28-19-9-7-17(13-20(19)27-6-2)8-10-21(25)23-14-18-15(3)12-16(4)24-22(18)26/h7-10,12-13H,5-6,11,14H2,1-4H3,(H,23,25)(H,24,26)/b10-8+. The highest BCUT2D eigenvalue weighted by Gasteiger charge is 2.07. The average molecular weight is 384 g/mol. The van der Waals surface area contributed by atoms with Gasteiger partial charge in [0.05, 0.1) is 13.2 Å². The van der Waals surface area contributed by atoms with Gasteiger partial charge in [-0.15, -0.1) is 0 Å². The van der Waals surface area contributed by atoms with Crippen LogP contribution < -0.4 is 20.3 Å². The number of pyridine rings is 1. The molecule has 0 unspecified atom stereocenters. The summed E-state index contributed by atoms with van der Waals surface area (Å²) in [6.07, 6.45) is 4.06. The lowest BCUT2D eigenvalue weighted by atomic mass is 10.1. The number of carbonyl (C=O) groups excluding carboxylic acids is 1. The molecule has 1 aromatic carbocycles. The predicted octanol–water partition coefficient (Wildman–Crippen LogP) is 3.51. The highest BCUT2D eigenvalue weighted by atomic mass is 16.5. The number of aromatic amines is 1. The van der Waals surface area contributed by atoms with Gasteiger partial charge in [0.2, 0.25) is 5.91 Å². The molecular formula is C22H28N2O4. The second-order valence-electron chi connectivity index (χ2n) is 6.48. The van der Waals surface area contributed by atoms with Gasteiger partial charge in [-0.05, 0) is 62.6 Å². The Hall–Kier alpha value is -3.02. The maximum Gasteiger partial charge on any atom is 0.253 e. The predicted molar refractivity (Wildman–Crippen MR) is 111 cm³/mol. The van der Waals surface area contributed by atoms with Crippen LogP contribution in [0.15, 0.2) is 35.1 Å². The topological polar surface area (TPSA) is 80.4 Å². The minimum Gasteiger partial charge on any atom is -0.490 e. The Morgan fingerprint density at radius 1 is 1.14 bits per heavy atom. The largest absolute Gasteiger partial charge is 0.490 e. The number of ether oxygens (including phenoxy) is 2. The van der Waals surface area contributed by atoms with E-state index >= 15 is 0 Å². The van der Waals surface area contributed by atoms with Crippen LogP contribution in [0.2, 0.25) is 0 Å². The number of aromatic nitrogens is 1. The summed E-state index contributed by atoms with van der Waals surface area (Å²) in [5.74, 6) is 1.07. The summed E-state index contributed by atoms with van der Waals surface area (Å²) in [4.78, 5) is 26.9. The summed E-state index contributed by atoms with van der Waals surface area (Å²) in [5, 5.41) is 2.75. The summed E-state index contributed by atoms with van der Waals surface area (Å²) in [5.41, 5.74) is 2.87. The first-order chi connectivity index (χ1) is 13.4. The zero-order valence-corrected chi connectivity index (χ0v) is 16.9. The fourth-order valence-electron chi connectivity index (χ4n) is 2.74. The van der Waals surface area contributed by atoms with E-state index in [-0.39, 0.29) is 18.0 Å². The first kappa shape index (κ1) is 21.3. The Labute approximate surface area is 165 Å². The number of hydrogen-bond acceptors (Lipinski definition) is 4. The molecule has 1 aromatic heterocycles. The second kappa shape index (κ2) is 10.3. The van der Waals surface area contributed by atoms with E-state index in [0.717, 1.165) is 23.2 Å². The van der Waals surface area contributed by atoms with Gasteiger partial charge in [-0.25, -0.2) is 0 Å². The van der Waals surface area contributed by atoms with Crippen molar-refractivity contribution < 1.29 is 14.3 Å². The Balaban J connectivity index is 2.03. The van der Waals surface area contributed by atoms with Crippen molar-refractivity contribution in [3.05, 3.63) is 63.1 Å². The molecule has 0 aliphatic rings. The fraction of sp³-hybridized carbons (Fsp3) is 0.364. The van der Waals surface area contributed by atoms with Gasteiger partial charge in [0.1, 0.15) is 0 Å². The van der Waals surface area contributed by atoms with Gasteiger partial charge in [-0.2, -0.15) is 0 Å². The minimum absolute atomic E-state index is 0.175. The monoisotopic (exact) mass is 384 g/mol. The smallest absolute Gasteiger partial charge is 0.253 e. The molecule has 6 nitrogen and oxygen atoms in total. The highest BCUT2D eigenvalue weighted by molar-refractivity contribution is 5.91. The number of benzene rings is 1. The van der Waals surface area contributed by atoms with E-state index < -0.39 is 0 Å². The maximum atomic E-state index is 12.1. The van der Waals surface area contributed by atoms with Gasteiger partial charge in [-0.3, -0.25) is 9.59 Å². The van der Waals surface area contributed by atoms with E-state index in [1.54, 1.807) is 6.08 Å². The molecule has 0 spiro atoms. The van der Waals surface area contributed by atoms with Crippen LogP contribution in [0.25, 0.3) is 6.08 Å². The Bertz CT molecular complexity index is 900. The van der Waals surface area contributed by atoms with Gasteiger partial charge < -0.3 is 19.8 Å². The number of H-pyrrole nitrogens is 1. The van der Waals surface area contributed by atoms with Crippen molar-refractivity contribution in [1.82, 2.24) is 10.3 Å². The zero-order chi connectivity index (χ0) is 20.5. The molecule has 2 rings (SSSR count). The molecule has 0 saturated heterocycles. The van der Waals surface area contributed by atoms with E-state index in [1.165, 1.54) is 6.08 Å². The molecule has 2 aromatic rings. The summed E-state index contributed by atoms with van der Waals surface area (Å²) in [6, 6.07) is 7.43. The number of hydrogen-bond donors (Lipinski definition) is 2. The maximum absolute atomic E-state index is 12.1. The molecule has 2 N–H and O–H groups in total. The number of amides is 1. The lowest BCUT2D eigenvalue weighted by Crippen LogP contribution is -2.26. The van der Waals surface area contributed by atoms with Crippen LogP contribution in [-0.4, -0.2) is 24.1 Å². The summed E-state index contributed by atoms with van der Waals surface area (Å²) in [6.45, 7) is 8.97. The van der Waals surface area contributed by atoms with Crippen molar-refractivity contribution in [2.75, 3.05) is 13.2 Å². The third kappa shape index (κ3) is 6.01. The number of aryl methyl sites for hydroxylation is 2. The van der Waals surface area contributed by atoms with E-state index in [2.05, 4.69) is 10.3 Å². The third-order valence-corrected chi connectivity index (χ3v) is 4.09. The lowest BCUT2D eigenvalue weighted by molar-refractivity contribution is -0.116. The molecule has 0 radical (unpaired) electrons. The van der Waals surface area contributed by atoms with Crippen molar-refractivity contribution in [2.45, 2.75) is 40.7 Å². The van der Waals surface area contributed by atoms with Crippen LogP contribution in [-0.2, 0) is 11.3 Å². The number of nitrogens with one attached hydrogen (secondary N) is 2. The number of rotatable bonds is 9. The minimum atomic E-state index is -0.274. The molecule has 1 amide bonds.